The first kappa shape index (κ1) is 18.9. The van der Waals surface area contributed by atoms with Crippen LogP contribution in [0, 0.1) is 0 Å². The van der Waals surface area contributed by atoms with Gasteiger partial charge in [-0.05, 0) is 49.6 Å². The van der Waals surface area contributed by atoms with E-state index in [0.29, 0.717) is 11.4 Å². The second-order valence-corrected chi connectivity index (χ2v) is 8.81. The number of rotatable bonds is 9. The Bertz CT molecular complexity index is 549. The van der Waals surface area contributed by atoms with Gasteiger partial charge in [-0.1, -0.05) is 41.4 Å². The molecule has 1 atom stereocenters. The summed E-state index contributed by atoms with van der Waals surface area (Å²) >= 11 is 9.63. The highest BCUT2D eigenvalue weighted by Crippen LogP contribution is 2.29. The number of nitrogens with one attached hydrogen (secondary N) is 1. The third kappa shape index (κ3) is 6.68. The normalized spacial score (nSPS) is 13.3. The van der Waals surface area contributed by atoms with Gasteiger partial charge in [0.05, 0.1) is 5.75 Å². The lowest BCUT2D eigenvalue weighted by atomic mass is 10.0. The van der Waals surface area contributed by atoms with Crippen LogP contribution in [-0.4, -0.2) is 26.5 Å². The van der Waals surface area contributed by atoms with Crippen LogP contribution >= 0.6 is 27.5 Å². The molecule has 1 N–H and O–H groups in total. The zero-order chi connectivity index (χ0) is 15.9. The van der Waals surface area contributed by atoms with Crippen molar-refractivity contribution in [2.75, 3.05) is 18.1 Å². The highest BCUT2D eigenvalue weighted by molar-refractivity contribution is 9.10. The maximum Gasteiger partial charge on any atom is 0.150 e. The molecule has 6 heteroatoms. The Labute approximate surface area is 141 Å². The van der Waals surface area contributed by atoms with Crippen LogP contribution in [0.1, 0.15) is 44.7 Å². The summed E-state index contributed by atoms with van der Waals surface area (Å²) in [6.45, 7) is 4.69. The van der Waals surface area contributed by atoms with Crippen LogP contribution in [0.4, 0.5) is 0 Å². The van der Waals surface area contributed by atoms with Crippen molar-refractivity contribution in [2.45, 2.75) is 39.2 Å². The molecule has 0 radical (unpaired) electrons. The Kier molecular flexibility index (Phi) is 8.24. The Morgan fingerprint density at radius 1 is 1.33 bits per heavy atom. The molecule has 0 spiro atoms. The average Bonchev–Trinajstić information content (AvgIpc) is 2.45. The van der Waals surface area contributed by atoms with Crippen LogP contribution in [0.2, 0.25) is 5.02 Å². The molecule has 1 aromatic carbocycles. The van der Waals surface area contributed by atoms with Crippen LogP contribution in [0.5, 0.6) is 0 Å². The van der Waals surface area contributed by atoms with Crippen molar-refractivity contribution < 1.29 is 8.42 Å². The highest BCUT2D eigenvalue weighted by Gasteiger charge is 2.16. The summed E-state index contributed by atoms with van der Waals surface area (Å²) in [5.74, 6) is 0.451. The molecular formula is C15H23BrClNO2S. The first-order valence-corrected chi connectivity index (χ1v) is 10.3. The minimum Gasteiger partial charge on any atom is -0.310 e. The monoisotopic (exact) mass is 395 g/mol. The van der Waals surface area contributed by atoms with Gasteiger partial charge in [0.25, 0.3) is 0 Å². The van der Waals surface area contributed by atoms with Gasteiger partial charge in [0.2, 0.25) is 0 Å². The van der Waals surface area contributed by atoms with Gasteiger partial charge in [-0.2, -0.15) is 0 Å². The van der Waals surface area contributed by atoms with Gasteiger partial charge in [0.15, 0.2) is 0 Å². The van der Waals surface area contributed by atoms with Crippen LogP contribution in [0.3, 0.4) is 0 Å². The summed E-state index contributed by atoms with van der Waals surface area (Å²) in [6, 6.07) is 5.83. The van der Waals surface area contributed by atoms with Crippen LogP contribution in [-0.2, 0) is 9.84 Å². The van der Waals surface area contributed by atoms with Gasteiger partial charge in [-0.15, -0.1) is 0 Å². The maximum atomic E-state index is 11.6. The quantitative estimate of drug-likeness (QED) is 0.674. The van der Waals surface area contributed by atoms with Crippen molar-refractivity contribution in [3.63, 3.8) is 0 Å². The maximum absolute atomic E-state index is 11.6. The van der Waals surface area contributed by atoms with E-state index in [0.717, 1.165) is 29.4 Å². The molecule has 0 aromatic heterocycles. The molecule has 0 aliphatic heterocycles. The van der Waals surface area contributed by atoms with Crippen LogP contribution < -0.4 is 5.32 Å². The SMILES string of the molecule is CCCNC(CCCS(=O)(=O)CC)c1cc(Cl)ccc1Br. The smallest absolute Gasteiger partial charge is 0.150 e. The van der Waals surface area contributed by atoms with E-state index in [1.54, 1.807) is 6.92 Å². The molecular weight excluding hydrogens is 374 g/mol. The molecule has 0 amide bonds. The zero-order valence-corrected chi connectivity index (χ0v) is 15.7. The summed E-state index contributed by atoms with van der Waals surface area (Å²) in [7, 11) is -2.90. The second-order valence-electron chi connectivity index (χ2n) is 5.05. The summed E-state index contributed by atoms with van der Waals surface area (Å²) in [6.07, 6.45) is 2.45. The van der Waals surface area contributed by atoms with E-state index in [2.05, 4.69) is 28.2 Å². The summed E-state index contributed by atoms with van der Waals surface area (Å²) in [5.41, 5.74) is 1.09. The second kappa shape index (κ2) is 9.13. The molecule has 0 fully saturated rings. The molecule has 0 aliphatic carbocycles. The molecule has 0 saturated carbocycles. The van der Waals surface area contributed by atoms with Crippen molar-refractivity contribution in [3.8, 4) is 0 Å². The van der Waals surface area contributed by atoms with E-state index in [1.165, 1.54) is 0 Å². The van der Waals surface area contributed by atoms with Crippen LogP contribution in [0.15, 0.2) is 22.7 Å². The van der Waals surface area contributed by atoms with E-state index in [1.807, 2.05) is 18.2 Å². The fourth-order valence-corrected chi connectivity index (χ4v) is 3.72. The van der Waals surface area contributed by atoms with Gasteiger partial charge >= 0.3 is 0 Å². The molecule has 1 aromatic rings. The molecule has 120 valence electrons. The lowest BCUT2D eigenvalue weighted by Gasteiger charge is -2.20. The lowest BCUT2D eigenvalue weighted by molar-refractivity contribution is 0.491. The minimum absolute atomic E-state index is 0.116. The molecule has 0 saturated heterocycles. The van der Waals surface area contributed by atoms with E-state index in [-0.39, 0.29) is 17.5 Å². The minimum atomic E-state index is -2.90. The average molecular weight is 397 g/mol. The number of benzene rings is 1. The number of hydrogen-bond donors (Lipinski definition) is 1. The Hall–Kier alpha value is -0.100. The van der Waals surface area contributed by atoms with Crippen molar-refractivity contribution in [2.24, 2.45) is 0 Å². The highest BCUT2D eigenvalue weighted by atomic mass is 79.9. The molecule has 1 unspecified atom stereocenters. The van der Waals surface area contributed by atoms with Gasteiger partial charge < -0.3 is 5.32 Å². The number of sulfone groups is 1. The standard InChI is InChI=1S/C15H23BrClNO2S/c1-3-9-18-15(6-5-10-21(19,20)4-2)13-11-12(17)7-8-14(13)16/h7-8,11,15,18H,3-6,9-10H2,1-2H3. The number of halogens is 2. The van der Waals surface area contributed by atoms with E-state index >= 15 is 0 Å². The van der Waals surface area contributed by atoms with Gasteiger partial charge in [-0.3, -0.25) is 0 Å². The molecule has 0 aliphatic rings. The van der Waals surface area contributed by atoms with E-state index in [9.17, 15) is 8.42 Å². The molecule has 0 heterocycles. The Morgan fingerprint density at radius 3 is 2.67 bits per heavy atom. The number of hydrogen-bond acceptors (Lipinski definition) is 3. The summed E-state index contributed by atoms with van der Waals surface area (Å²) in [5, 5.41) is 4.17. The van der Waals surface area contributed by atoms with E-state index in [4.69, 9.17) is 11.6 Å². The molecule has 1 rings (SSSR count). The molecule has 0 bridgehead atoms. The van der Waals surface area contributed by atoms with Crippen molar-refractivity contribution in [1.82, 2.24) is 5.32 Å². The Balaban J connectivity index is 2.78. The molecule has 21 heavy (non-hydrogen) atoms. The topological polar surface area (TPSA) is 46.2 Å². The predicted molar refractivity (Wildman–Crippen MR) is 93.7 cm³/mol. The van der Waals surface area contributed by atoms with Gasteiger partial charge in [0.1, 0.15) is 9.84 Å². The Morgan fingerprint density at radius 2 is 2.05 bits per heavy atom. The van der Waals surface area contributed by atoms with Crippen molar-refractivity contribution in [3.05, 3.63) is 33.3 Å². The first-order valence-electron chi connectivity index (χ1n) is 7.28. The van der Waals surface area contributed by atoms with Crippen molar-refractivity contribution in [1.29, 1.82) is 0 Å². The van der Waals surface area contributed by atoms with Gasteiger partial charge in [0, 0.05) is 21.3 Å². The fraction of sp³-hybridized carbons (Fsp3) is 0.600. The molecule has 3 nitrogen and oxygen atoms in total. The van der Waals surface area contributed by atoms with Gasteiger partial charge in [-0.25, -0.2) is 8.42 Å². The third-order valence-corrected chi connectivity index (χ3v) is 6.11. The fourth-order valence-electron chi connectivity index (χ4n) is 2.12. The van der Waals surface area contributed by atoms with E-state index < -0.39 is 9.84 Å². The summed E-state index contributed by atoms with van der Waals surface area (Å²) < 4.78 is 24.2. The third-order valence-electron chi connectivity index (χ3n) is 3.36. The predicted octanol–water partition coefficient (Wildman–Crippen LogP) is 4.36. The van der Waals surface area contributed by atoms with Crippen molar-refractivity contribution >= 4 is 37.4 Å². The first-order chi connectivity index (χ1) is 9.89. The zero-order valence-electron chi connectivity index (χ0n) is 12.5. The van der Waals surface area contributed by atoms with Crippen LogP contribution in [0.25, 0.3) is 0 Å². The largest absolute Gasteiger partial charge is 0.310 e. The summed E-state index contributed by atoms with van der Waals surface area (Å²) in [4.78, 5) is 0. The lowest BCUT2D eigenvalue weighted by Crippen LogP contribution is -2.23.